The molecule has 0 spiro atoms. The summed E-state index contributed by atoms with van der Waals surface area (Å²) in [4.78, 5) is 24.5. The van der Waals surface area contributed by atoms with Crippen molar-refractivity contribution in [3.8, 4) is 0 Å². The molecule has 10 unspecified atom stereocenters. The highest BCUT2D eigenvalue weighted by molar-refractivity contribution is 7.81. The van der Waals surface area contributed by atoms with Crippen LogP contribution < -0.4 is 0 Å². The minimum Gasteiger partial charge on any atom is -0.488 e. The zero-order valence-corrected chi connectivity index (χ0v) is 44.3. The van der Waals surface area contributed by atoms with Gasteiger partial charge in [0, 0.05) is 23.7 Å². The molecule has 6 heterocycles. The maximum absolute atomic E-state index is 12.7. The van der Waals surface area contributed by atoms with Crippen LogP contribution in [0.4, 0.5) is 0 Å². The van der Waals surface area contributed by atoms with Crippen LogP contribution in [0.15, 0.2) is 23.4 Å². The van der Waals surface area contributed by atoms with E-state index < -0.39 is 268 Å². The highest BCUT2D eigenvalue weighted by Crippen LogP contribution is 2.38. The first kappa shape index (κ1) is 66.9. The SMILES string of the molecule is CC1O[C@@H](COCC2[C@H](O)C(CO)O[C@@H](O)[C@@H]2CO[C@@H]2OC(C(=O)O)=C(OC[C@H]3OC(CO)[C@@H](O)C(COC[C@@H]4OC(C)[C@@H](O)C(OS(=O)(=O)O)[C@H]4O)[C@H]3CO[C@@H]3OC(C(=O)O)=CC(O)[C@@H]3O)C(O)[C@@H]2O)[C@H](O)C(OS(=O)(=O)O)[C@@H]1O. The van der Waals surface area contributed by atoms with Crippen molar-refractivity contribution in [1.82, 2.24) is 0 Å². The normalized spacial score (nSPS) is 42.6. The van der Waals surface area contributed by atoms with Crippen molar-refractivity contribution in [3.05, 3.63) is 23.4 Å². The first-order valence-electron chi connectivity index (χ1n) is 24.8. The summed E-state index contributed by atoms with van der Waals surface area (Å²) in [6.07, 6.45) is -38.3. The van der Waals surface area contributed by atoms with Crippen LogP contribution in [-0.4, -0.2) is 309 Å². The molecule has 38 heteroatoms. The predicted molar refractivity (Wildman–Crippen MR) is 249 cm³/mol. The summed E-state index contributed by atoms with van der Waals surface area (Å²) in [6.45, 7) is -4.19. The van der Waals surface area contributed by atoms with Crippen LogP contribution in [0.2, 0.25) is 0 Å². The molecule has 468 valence electrons. The van der Waals surface area contributed by atoms with Gasteiger partial charge in [-0.25, -0.2) is 18.0 Å². The van der Waals surface area contributed by atoms with Gasteiger partial charge in [0.1, 0.15) is 92.1 Å². The molecule has 0 aromatic heterocycles. The first-order chi connectivity index (χ1) is 37.9. The van der Waals surface area contributed by atoms with Crippen LogP contribution in [-0.2, 0) is 90.9 Å². The third-order valence-corrected chi connectivity index (χ3v) is 15.3. The van der Waals surface area contributed by atoms with Gasteiger partial charge in [0.05, 0.1) is 83.4 Å². The van der Waals surface area contributed by atoms with Crippen LogP contribution in [0, 0.1) is 23.7 Å². The third-order valence-electron chi connectivity index (χ3n) is 14.3. The Bertz CT molecular complexity index is 2380. The Balaban J connectivity index is 1.19. The molecule has 6 rings (SSSR count). The second-order valence-corrected chi connectivity index (χ2v) is 21.9. The van der Waals surface area contributed by atoms with Crippen LogP contribution >= 0.6 is 0 Å². The average Bonchev–Trinajstić information content (AvgIpc) is 3.42. The van der Waals surface area contributed by atoms with Crippen LogP contribution in [0.25, 0.3) is 0 Å². The lowest BCUT2D eigenvalue weighted by Crippen LogP contribution is -2.59. The highest BCUT2D eigenvalue weighted by Gasteiger charge is 2.52. The number of aliphatic hydroxyl groups is 13. The summed E-state index contributed by atoms with van der Waals surface area (Å²) in [5.41, 5.74) is 0. The Labute approximate surface area is 459 Å². The molecule has 6 aliphatic rings. The van der Waals surface area contributed by atoms with Crippen molar-refractivity contribution in [2.45, 2.75) is 149 Å². The van der Waals surface area contributed by atoms with Gasteiger partial charge in [-0.2, -0.15) is 16.8 Å². The maximum Gasteiger partial charge on any atom is 0.397 e. The zero-order chi connectivity index (χ0) is 60.2. The van der Waals surface area contributed by atoms with E-state index in [1.165, 1.54) is 13.8 Å². The van der Waals surface area contributed by atoms with Crippen molar-refractivity contribution in [3.63, 3.8) is 0 Å². The maximum atomic E-state index is 12.7. The fourth-order valence-corrected chi connectivity index (χ4v) is 10.9. The number of carboxylic acids is 2. The Morgan fingerprint density at radius 3 is 1.44 bits per heavy atom. The minimum atomic E-state index is -5.23. The van der Waals surface area contributed by atoms with Gasteiger partial charge in [0.15, 0.2) is 12.0 Å². The number of rotatable bonds is 25. The molecule has 36 nitrogen and oxygen atoms in total. The first-order valence-corrected chi connectivity index (χ1v) is 27.5. The van der Waals surface area contributed by atoms with Crippen LogP contribution in [0.5, 0.6) is 0 Å². The highest BCUT2D eigenvalue weighted by atomic mass is 32.3. The van der Waals surface area contributed by atoms with Gasteiger partial charge in [0.25, 0.3) is 0 Å². The molecule has 0 aromatic rings. The van der Waals surface area contributed by atoms with E-state index in [4.69, 9.17) is 52.1 Å². The summed E-state index contributed by atoms with van der Waals surface area (Å²) in [5.74, 6) is -12.1. The van der Waals surface area contributed by atoms with Crippen LogP contribution in [0.1, 0.15) is 13.8 Å². The predicted octanol–water partition coefficient (Wildman–Crippen LogP) is -9.46. The van der Waals surface area contributed by atoms with E-state index >= 15 is 0 Å². The molecule has 0 aromatic carbocycles. The average molecular weight is 1230 g/mol. The van der Waals surface area contributed by atoms with E-state index in [1.54, 1.807) is 0 Å². The van der Waals surface area contributed by atoms with Crippen molar-refractivity contribution in [2.24, 2.45) is 23.7 Å². The topological polar surface area (TPSA) is 566 Å². The van der Waals surface area contributed by atoms with Gasteiger partial charge < -0.3 is 129 Å². The molecule has 0 saturated carbocycles. The number of carbonyl (C=O) groups is 2. The Hall–Kier alpha value is -3.28. The van der Waals surface area contributed by atoms with E-state index in [9.17, 15) is 112 Å². The lowest BCUT2D eigenvalue weighted by atomic mass is 9.79. The number of ether oxygens (including phenoxy) is 11. The number of aliphatic hydroxyl groups excluding tert-OH is 13. The molecule has 0 radical (unpaired) electrons. The standard InChI is InChI=1S/C43H68O36S2/c1-13-26(47)35(78-80(61,62)63)31(52)24(72-13)10-67-6-16-15(8-70-42-30(51)19(46)3-20(76-42)39(56)57)23(74-21(4-44)28(16)49)12-69-37-33(54)34(55)43(77-38(37)40(58)59)71-9-18-17(29(50)22(5-45)75-41(18)60)7-68-11-25-32(53)36(79-81(64,65)66)27(48)14(2)73-25/h3,13-19,21-36,41-55,60H,4-12H2,1-2H3,(H,56,57)(H,58,59)(H,61,62,63)(H,64,65,66)/t13?,14?,15-,16?,17?,18-,19?,21?,22?,23-,24+,25+,26-,27-,28+,29+,30+,31+,32+,33?,34+,35?,36?,41-,42-,43-/m1/s1. The molecule has 4 fully saturated rings. The molecule has 0 bridgehead atoms. The molecule has 6 aliphatic heterocycles. The molecular weight excluding hydrogens is 1160 g/mol. The fourth-order valence-electron chi connectivity index (χ4n) is 9.93. The molecule has 26 atom stereocenters. The quantitative estimate of drug-likeness (QED) is 0.0378. The lowest BCUT2D eigenvalue weighted by Gasteiger charge is -2.46. The number of hydrogen-bond acceptors (Lipinski definition) is 32. The van der Waals surface area contributed by atoms with Gasteiger partial charge in [-0.15, -0.1) is 0 Å². The number of carboxylic acid groups (broad SMARTS) is 2. The van der Waals surface area contributed by atoms with E-state index in [-0.39, 0.29) is 0 Å². The molecule has 4 saturated heterocycles. The molecule has 0 amide bonds. The van der Waals surface area contributed by atoms with E-state index in [2.05, 4.69) is 8.37 Å². The van der Waals surface area contributed by atoms with Crippen molar-refractivity contribution in [2.75, 3.05) is 59.5 Å². The van der Waals surface area contributed by atoms with Gasteiger partial charge in [-0.3, -0.25) is 9.11 Å². The summed E-state index contributed by atoms with van der Waals surface area (Å²) in [5, 5.41) is 160. The summed E-state index contributed by atoms with van der Waals surface area (Å²) >= 11 is 0. The summed E-state index contributed by atoms with van der Waals surface area (Å²) in [7, 11) is -10.4. The van der Waals surface area contributed by atoms with Crippen molar-refractivity contribution < 1.29 is 173 Å². The Kier molecular flexibility index (Phi) is 23.3. The van der Waals surface area contributed by atoms with Gasteiger partial charge in [-0.1, -0.05) is 0 Å². The number of aliphatic carboxylic acids is 2. The summed E-state index contributed by atoms with van der Waals surface area (Å²) < 4.78 is 135. The largest absolute Gasteiger partial charge is 0.488 e. The van der Waals surface area contributed by atoms with Gasteiger partial charge in [-0.05, 0) is 19.9 Å². The number of hydrogen-bond donors (Lipinski definition) is 17. The molecule has 17 N–H and O–H groups in total. The van der Waals surface area contributed by atoms with E-state index in [0.717, 1.165) is 0 Å². The van der Waals surface area contributed by atoms with Crippen molar-refractivity contribution in [1.29, 1.82) is 0 Å². The van der Waals surface area contributed by atoms with Crippen LogP contribution in [0.3, 0.4) is 0 Å². The molecule has 81 heavy (non-hydrogen) atoms. The third kappa shape index (κ3) is 16.4. The minimum absolute atomic E-state index is 0.584. The summed E-state index contributed by atoms with van der Waals surface area (Å²) in [6, 6.07) is 0. The van der Waals surface area contributed by atoms with E-state index in [0.29, 0.717) is 6.08 Å². The van der Waals surface area contributed by atoms with Gasteiger partial charge >= 0.3 is 32.7 Å². The van der Waals surface area contributed by atoms with Crippen molar-refractivity contribution >= 4 is 32.7 Å². The Morgan fingerprint density at radius 2 is 0.975 bits per heavy atom. The Morgan fingerprint density at radius 1 is 0.506 bits per heavy atom. The molecule has 0 aliphatic carbocycles. The second-order valence-electron chi connectivity index (χ2n) is 19.8. The fraction of sp³-hybridized carbons (Fsp3) is 0.860. The molecular formula is C43H68O36S2. The monoisotopic (exact) mass is 1220 g/mol. The lowest BCUT2D eigenvalue weighted by molar-refractivity contribution is -0.287. The van der Waals surface area contributed by atoms with Gasteiger partial charge in [0.2, 0.25) is 24.1 Å². The zero-order valence-electron chi connectivity index (χ0n) is 42.6. The second kappa shape index (κ2) is 28.3. The smallest absolute Gasteiger partial charge is 0.397 e. The van der Waals surface area contributed by atoms with E-state index in [1.807, 2.05) is 0 Å².